The first-order chi connectivity index (χ1) is 12.3. The van der Waals surface area contributed by atoms with Crippen LogP contribution in [-0.2, 0) is 9.59 Å². The molecule has 1 aromatic rings. The lowest BCUT2D eigenvalue weighted by molar-refractivity contribution is -0.129. The summed E-state index contributed by atoms with van der Waals surface area (Å²) in [5.41, 5.74) is 2.31. The van der Waals surface area contributed by atoms with Gasteiger partial charge >= 0.3 is 0 Å². The van der Waals surface area contributed by atoms with Crippen molar-refractivity contribution in [1.29, 1.82) is 0 Å². The number of rotatable bonds is 8. The average Bonchev–Trinajstić information content (AvgIpc) is 2.85. The molecule has 0 bridgehead atoms. The maximum Gasteiger partial charge on any atom is 0.290 e. The van der Waals surface area contributed by atoms with E-state index in [1.165, 1.54) is 5.56 Å². The zero-order valence-corrected chi connectivity index (χ0v) is 16.5. The van der Waals surface area contributed by atoms with Gasteiger partial charge in [0.1, 0.15) is 0 Å². The number of nitrogens with zero attached hydrogens (tertiary/aromatic N) is 2. The van der Waals surface area contributed by atoms with Crippen LogP contribution in [0.15, 0.2) is 35.6 Å². The highest BCUT2D eigenvalue weighted by Gasteiger charge is 2.42. The third-order valence-electron chi connectivity index (χ3n) is 4.85. The molecule has 0 radical (unpaired) electrons. The fraction of sp³-hybridized carbons (Fsp3) is 0.524. The quantitative estimate of drug-likeness (QED) is 0.773. The molecule has 1 unspecified atom stereocenters. The number of aliphatic hydroxyl groups excluding tert-OH is 1. The SMILES string of the molecule is CCC(=O)C1=C(O)C(=O)N(CCCN(C)C)C1c1ccc(C(C)C)cc1. The van der Waals surface area contributed by atoms with Crippen LogP contribution in [-0.4, -0.2) is 53.8 Å². The van der Waals surface area contributed by atoms with Crippen molar-refractivity contribution in [3.8, 4) is 0 Å². The molecule has 0 fully saturated rings. The van der Waals surface area contributed by atoms with Crippen LogP contribution in [0.2, 0.25) is 0 Å². The first-order valence-corrected chi connectivity index (χ1v) is 9.29. The zero-order valence-electron chi connectivity index (χ0n) is 16.5. The number of aliphatic hydroxyl groups is 1. The first kappa shape index (κ1) is 20.2. The van der Waals surface area contributed by atoms with E-state index in [0.29, 0.717) is 12.5 Å². The van der Waals surface area contributed by atoms with Crippen molar-refractivity contribution in [2.75, 3.05) is 27.2 Å². The standard InChI is InChI=1S/C21H30N2O3/c1-6-17(24)18-19(16-10-8-15(9-11-16)14(2)3)23(21(26)20(18)25)13-7-12-22(4)5/h8-11,14,19,25H,6-7,12-13H2,1-5H3. The molecule has 2 rings (SSSR count). The molecule has 0 saturated carbocycles. The minimum absolute atomic E-state index is 0.177. The lowest BCUT2D eigenvalue weighted by Gasteiger charge is -2.27. The smallest absolute Gasteiger partial charge is 0.290 e. The normalized spacial score (nSPS) is 17.7. The summed E-state index contributed by atoms with van der Waals surface area (Å²) in [7, 11) is 3.96. The van der Waals surface area contributed by atoms with E-state index < -0.39 is 11.9 Å². The molecule has 0 aromatic heterocycles. The van der Waals surface area contributed by atoms with Crippen LogP contribution >= 0.6 is 0 Å². The molecule has 1 amide bonds. The number of Topliss-reactive ketones (excluding diaryl/α,β-unsaturated/α-hetero) is 1. The van der Waals surface area contributed by atoms with E-state index in [9.17, 15) is 14.7 Å². The fourth-order valence-corrected chi connectivity index (χ4v) is 3.33. The van der Waals surface area contributed by atoms with Gasteiger partial charge in [0.15, 0.2) is 11.5 Å². The molecule has 1 aliphatic heterocycles. The number of carbonyl (C=O) groups is 2. The molecule has 0 spiro atoms. The number of hydrogen-bond acceptors (Lipinski definition) is 4. The Morgan fingerprint density at radius 3 is 2.35 bits per heavy atom. The van der Waals surface area contributed by atoms with Crippen molar-refractivity contribution in [3.63, 3.8) is 0 Å². The minimum atomic E-state index is -0.502. The van der Waals surface area contributed by atoms with Gasteiger partial charge < -0.3 is 14.9 Å². The topological polar surface area (TPSA) is 60.9 Å². The van der Waals surface area contributed by atoms with Crippen LogP contribution in [0.4, 0.5) is 0 Å². The van der Waals surface area contributed by atoms with E-state index in [1.54, 1.807) is 11.8 Å². The van der Waals surface area contributed by atoms with Crippen molar-refractivity contribution >= 4 is 11.7 Å². The van der Waals surface area contributed by atoms with Crippen LogP contribution in [0.1, 0.15) is 56.7 Å². The monoisotopic (exact) mass is 358 g/mol. The molecule has 1 aliphatic rings. The number of carbonyl (C=O) groups excluding carboxylic acids is 2. The zero-order chi connectivity index (χ0) is 19.4. The maximum absolute atomic E-state index is 12.6. The summed E-state index contributed by atoms with van der Waals surface area (Å²) >= 11 is 0. The Morgan fingerprint density at radius 1 is 1.23 bits per heavy atom. The summed E-state index contributed by atoms with van der Waals surface area (Å²) in [6, 6.07) is 7.50. The Labute approximate surface area is 156 Å². The van der Waals surface area contributed by atoms with Crippen LogP contribution < -0.4 is 0 Å². The van der Waals surface area contributed by atoms with Gasteiger partial charge in [0.25, 0.3) is 5.91 Å². The predicted octanol–water partition coefficient (Wildman–Crippen LogP) is 3.44. The van der Waals surface area contributed by atoms with E-state index in [0.717, 1.165) is 18.5 Å². The molecule has 1 N–H and O–H groups in total. The second kappa shape index (κ2) is 8.49. The molecule has 1 aromatic carbocycles. The number of hydrogen-bond donors (Lipinski definition) is 1. The highest BCUT2D eigenvalue weighted by Crippen LogP contribution is 2.38. The van der Waals surface area contributed by atoms with Gasteiger partial charge in [0.2, 0.25) is 0 Å². The van der Waals surface area contributed by atoms with Crippen LogP contribution in [0, 0.1) is 0 Å². The van der Waals surface area contributed by atoms with Crippen molar-refractivity contribution in [2.24, 2.45) is 0 Å². The Balaban J connectivity index is 2.38. The first-order valence-electron chi connectivity index (χ1n) is 9.29. The molecular formula is C21H30N2O3. The Kier molecular flexibility index (Phi) is 6.59. The van der Waals surface area contributed by atoms with Gasteiger partial charge in [-0.3, -0.25) is 9.59 Å². The van der Waals surface area contributed by atoms with Crippen LogP contribution in [0.5, 0.6) is 0 Å². The summed E-state index contributed by atoms with van der Waals surface area (Å²) in [4.78, 5) is 28.8. The lowest BCUT2D eigenvalue weighted by atomic mass is 9.93. The van der Waals surface area contributed by atoms with Crippen LogP contribution in [0.25, 0.3) is 0 Å². The number of benzene rings is 1. The molecule has 26 heavy (non-hydrogen) atoms. The molecule has 5 heteroatoms. The van der Waals surface area contributed by atoms with E-state index in [1.807, 2.05) is 38.4 Å². The number of ketones is 1. The van der Waals surface area contributed by atoms with Gasteiger partial charge in [0, 0.05) is 13.0 Å². The second-order valence-electron chi connectivity index (χ2n) is 7.42. The third-order valence-corrected chi connectivity index (χ3v) is 4.85. The second-order valence-corrected chi connectivity index (χ2v) is 7.42. The highest BCUT2D eigenvalue weighted by molar-refractivity contribution is 6.08. The summed E-state index contributed by atoms with van der Waals surface area (Å²) in [5, 5.41) is 10.4. The molecule has 142 valence electrons. The van der Waals surface area contributed by atoms with Gasteiger partial charge in [-0.1, -0.05) is 45.0 Å². The van der Waals surface area contributed by atoms with E-state index in [2.05, 4.69) is 18.7 Å². The fourth-order valence-electron chi connectivity index (χ4n) is 3.33. The van der Waals surface area contributed by atoms with Crippen LogP contribution in [0.3, 0.4) is 0 Å². The molecular weight excluding hydrogens is 328 g/mol. The Hall–Kier alpha value is -2.14. The number of amides is 1. The van der Waals surface area contributed by atoms with Crippen molar-refractivity contribution in [1.82, 2.24) is 9.80 Å². The third kappa shape index (κ3) is 4.15. The van der Waals surface area contributed by atoms with Gasteiger partial charge in [0.05, 0.1) is 11.6 Å². The van der Waals surface area contributed by atoms with Gasteiger partial charge in [-0.05, 0) is 44.1 Å². The largest absolute Gasteiger partial charge is 0.503 e. The summed E-state index contributed by atoms with van der Waals surface area (Å²) in [6.07, 6.45) is 1.04. The molecule has 1 heterocycles. The summed E-state index contributed by atoms with van der Waals surface area (Å²) in [6.45, 7) is 7.33. The Morgan fingerprint density at radius 2 is 1.85 bits per heavy atom. The average molecular weight is 358 g/mol. The highest BCUT2D eigenvalue weighted by atomic mass is 16.3. The molecule has 0 saturated heterocycles. The lowest BCUT2D eigenvalue weighted by Crippen LogP contribution is -2.33. The molecule has 0 aliphatic carbocycles. The predicted molar refractivity (Wildman–Crippen MR) is 103 cm³/mol. The maximum atomic E-state index is 12.6. The van der Waals surface area contributed by atoms with E-state index >= 15 is 0 Å². The van der Waals surface area contributed by atoms with Gasteiger partial charge in [-0.15, -0.1) is 0 Å². The van der Waals surface area contributed by atoms with Crippen molar-refractivity contribution < 1.29 is 14.7 Å². The van der Waals surface area contributed by atoms with Crippen molar-refractivity contribution in [3.05, 3.63) is 46.7 Å². The Bertz CT molecular complexity index is 690. The van der Waals surface area contributed by atoms with E-state index in [-0.39, 0.29) is 23.5 Å². The summed E-state index contributed by atoms with van der Waals surface area (Å²) < 4.78 is 0. The van der Waals surface area contributed by atoms with E-state index in [4.69, 9.17) is 0 Å². The molecule has 1 atom stereocenters. The minimum Gasteiger partial charge on any atom is -0.503 e. The summed E-state index contributed by atoms with van der Waals surface area (Å²) in [5.74, 6) is -0.604. The van der Waals surface area contributed by atoms with Gasteiger partial charge in [-0.2, -0.15) is 0 Å². The molecule has 5 nitrogen and oxygen atoms in total. The van der Waals surface area contributed by atoms with Crippen molar-refractivity contribution in [2.45, 2.75) is 45.6 Å². The van der Waals surface area contributed by atoms with Gasteiger partial charge in [-0.25, -0.2) is 0 Å².